The lowest BCUT2D eigenvalue weighted by atomic mass is 10.1. The van der Waals surface area contributed by atoms with Crippen LogP contribution in [0.1, 0.15) is 16.1 Å². The molecule has 3 rings (SSSR count). The number of aryl methyl sites for hydroxylation is 3. The molecule has 88 valence electrons. The normalized spacial score (nSPS) is 13.1. The monoisotopic (exact) mass is 231 g/mol. The zero-order valence-corrected chi connectivity index (χ0v) is 9.80. The molecule has 1 aliphatic rings. The molecule has 5 heteroatoms. The molecular formula is C12H13N3O2. The van der Waals surface area contributed by atoms with E-state index < -0.39 is 0 Å². The van der Waals surface area contributed by atoms with Crippen LogP contribution in [-0.2, 0) is 24.8 Å². The minimum absolute atomic E-state index is 0.294. The van der Waals surface area contributed by atoms with E-state index in [4.69, 9.17) is 4.74 Å². The fraction of sp³-hybridized carbons (Fsp3) is 0.333. The van der Waals surface area contributed by atoms with Gasteiger partial charge in [0.1, 0.15) is 0 Å². The number of hydrogen-bond donors (Lipinski definition) is 0. The Hall–Kier alpha value is -2.04. The minimum atomic E-state index is -0.294. The van der Waals surface area contributed by atoms with Crippen molar-refractivity contribution in [3.8, 4) is 11.3 Å². The van der Waals surface area contributed by atoms with Crippen LogP contribution in [0.15, 0.2) is 18.5 Å². The smallest absolute Gasteiger partial charge is 0.339 e. The molecule has 17 heavy (non-hydrogen) atoms. The van der Waals surface area contributed by atoms with Crippen LogP contribution in [0.3, 0.4) is 0 Å². The first-order chi connectivity index (χ1) is 8.19. The zero-order chi connectivity index (χ0) is 12.0. The van der Waals surface area contributed by atoms with Gasteiger partial charge in [-0.2, -0.15) is 5.10 Å². The lowest BCUT2D eigenvalue weighted by molar-refractivity contribution is 0.0600. The van der Waals surface area contributed by atoms with Crippen molar-refractivity contribution in [2.45, 2.75) is 13.0 Å². The molecule has 0 aliphatic carbocycles. The van der Waals surface area contributed by atoms with E-state index in [1.807, 2.05) is 30.2 Å². The van der Waals surface area contributed by atoms with Crippen molar-refractivity contribution in [3.05, 3.63) is 29.7 Å². The second-order valence-corrected chi connectivity index (χ2v) is 4.21. The van der Waals surface area contributed by atoms with Gasteiger partial charge < -0.3 is 9.30 Å². The van der Waals surface area contributed by atoms with Gasteiger partial charge in [0.05, 0.1) is 24.1 Å². The lowest BCUT2D eigenvalue weighted by Crippen LogP contribution is -2.08. The zero-order valence-electron chi connectivity index (χ0n) is 9.80. The highest BCUT2D eigenvalue weighted by molar-refractivity contribution is 5.91. The summed E-state index contributed by atoms with van der Waals surface area (Å²) in [6, 6.07) is 1.87. The van der Waals surface area contributed by atoms with Gasteiger partial charge in [0, 0.05) is 38.0 Å². The topological polar surface area (TPSA) is 49.1 Å². The number of esters is 1. The number of ether oxygens (including phenoxy) is 1. The summed E-state index contributed by atoms with van der Waals surface area (Å²) in [5.41, 5.74) is 3.84. The predicted molar refractivity (Wildman–Crippen MR) is 61.7 cm³/mol. The van der Waals surface area contributed by atoms with Crippen molar-refractivity contribution >= 4 is 5.97 Å². The summed E-state index contributed by atoms with van der Waals surface area (Å²) in [6.07, 6.45) is 4.73. The van der Waals surface area contributed by atoms with E-state index in [1.54, 1.807) is 0 Å². The van der Waals surface area contributed by atoms with Crippen LogP contribution in [0.4, 0.5) is 0 Å². The second-order valence-electron chi connectivity index (χ2n) is 4.21. The van der Waals surface area contributed by atoms with E-state index in [-0.39, 0.29) is 5.97 Å². The molecule has 3 heterocycles. The van der Waals surface area contributed by atoms with Gasteiger partial charge in [-0.05, 0) is 6.07 Å². The number of carbonyl (C=O) groups excluding carboxylic acids is 1. The molecule has 0 fully saturated rings. The summed E-state index contributed by atoms with van der Waals surface area (Å²) in [5.74, 6) is -0.294. The van der Waals surface area contributed by atoms with Gasteiger partial charge in [-0.3, -0.25) is 4.68 Å². The molecule has 0 radical (unpaired) electrons. The van der Waals surface area contributed by atoms with Crippen LogP contribution in [0.2, 0.25) is 0 Å². The largest absolute Gasteiger partial charge is 0.465 e. The first-order valence-electron chi connectivity index (χ1n) is 5.50. The maximum absolute atomic E-state index is 11.5. The van der Waals surface area contributed by atoms with Crippen LogP contribution in [-0.4, -0.2) is 27.4 Å². The SMILES string of the molecule is COC(=O)c1cc2n(c1)CCc1nn(C)cc1-2. The molecule has 0 saturated heterocycles. The third kappa shape index (κ3) is 1.46. The van der Waals surface area contributed by atoms with Gasteiger partial charge >= 0.3 is 5.97 Å². The molecule has 0 saturated carbocycles. The Labute approximate surface area is 98.6 Å². The van der Waals surface area contributed by atoms with E-state index >= 15 is 0 Å². The quantitative estimate of drug-likeness (QED) is 0.694. The molecule has 1 aliphatic heterocycles. The fourth-order valence-electron chi connectivity index (χ4n) is 2.31. The van der Waals surface area contributed by atoms with Crippen LogP contribution in [0.5, 0.6) is 0 Å². The summed E-state index contributed by atoms with van der Waals surface area (Å²) in [4.78, 5) is 11.5. The van der Waals surface area contributed by atoms with Crippen molar-refractivity contribution in [2.24, 2.45) is 7.05 Å². The van der Waals surface area contributed by atoms with Gasteiger partial charge in [0.2, 0.25) is 0 Å². The number of aromatic nitrogens is 3. The second kappa shape index (κ2) is 3.48. The van der Waals surface area contributed by atoms with Crippen molar-refractivity contribution in [1.82, 2.24) is 14.3 Å². The van der Waals surface area contributed by atoms with Gasteiger partial charge in [0.25, 0.3) is 0 Å². The van der Waals surface area contributed by atoms with Crippen molar-refractivity contribution in [3.63, 3.8) is 0 Å². The van der Waals surface area contributed by atoms with E-state index in [2.05, 4.69) is 9.67 Å². The van der Waals surface area contributed by atoms with Gasteiger partial charge in [0.15, 0.2) is 0 Å². The average Bonchev–Trinajstić information content (AvgIpc) is 2.89. The number of rotatable bonds is 1. The number of methoxy groups -OCH3 is 1. The summed E-state index contributed by atoms with van der Waals surface area (Å²) < 4.78 is 8.62. The van der Waals surface area contributed by atoms with Crippen molar-refractivity contribution < 1.29 is 9.53 Å². The Morgan fingerprint density at radius 1 is 1.47 bits per heavy atom. The van der Waals surface area contributed by atoms with Gasteiger partial charge in [-0.25, -0.2) is 4.79 Å². The maximum atomic E-state index is 11.5. The van der Waals surface area contributed by atoms with Crippen LogP contribution in [0.25, 0.3) is 11.3 Å². The molecule has 2 aromatic heterocycles. The van der Waals surface area contributed by atoms with Crippen LogP contribution < -0.4 is 0 Å². The molecule has 2 aromatic rings. The third-order valence-electron chi connectivity index (χ3n) is 3.09. The van der Waals surface area contributed by atoms with E-state index in [0.717, 1.165) is 29.9 Å². The average molecular weight is 231 g/mol. The standard InChI is InChI=1S/C12H13N3O2/c1-14-7-9-10(13-14)3-4-15-6-8(5-11(9)15)12(16)17-2/h5-7H,3-4H2,1-2H3. The fourth-order valence-corrected chi connectivity index (χ4v) is 2.31. The van der Waals surface area contributed by atoms with Crippen LogP contribution >= 0.6 is 0 Å². The first-order valence-corrected chi connectivity index (χ1v) is 5.50. The van der Waals surface area contributed by atoms with Gasteiger partial charge in [-0.1, -0.05) is 0 Å². The number of fused-ring (bicyclic) bond motifs is 3. The summed E-state index contributed by atoms with van der Waals surface area (Å²) in [6.45, 7) is 0.857. The highest BCUT2D eigenvalue weighted by atomic mass is 16.5. The Morgan fingerprint density at radius 2 is 2.29 bits per heavy atom. The molecule has 0 unspecified atom stereocenters. The Kier molecular flexibility index (Phi) is 2.07. The summed E-state index contributed by atoms with van der Waals surface area (Å²) in [5, 5.41) is 4.41. The molecule has 0 N–H and O–H groups in total. The van der Waals surface area contributed by atoms with Crippen molar-refractivity contribution in [2.75, 3.05) is 7.11 Å². The highest BCUT2D eigenvalue weighted by Crippen LogP contribution is 2.30. The first kappa shape index (κ1) is 10.1. The molecule has 0 atom stereocenters. The van der Waals surface area contributed by atoms with E-state index in [1.165, 1.54) is 7.11 Å². The molecule has 0 bridgehead atoms. The molecule has 0 aromatic carbocycles. The molecule has 0 spiro atoms. The Bertz CT molecular complexity index is 595. The molecule has 5 nitrogen and oxygen atoms in total. The summed E-state index contributed by atoms with van der Waals surface area (Å²) >= 11 is 0. The summed E-state index contributed by atoms with van der Waals surface area (Å²) in [7, 11) is 3.31. The molecule has 0 amide bonds. The number of nitrogens with zero attached hydrogens (tertiary/aromatic N) is 3. The predicted octanol–water partition coefficient (Wildman–Crippen LogP) is 1.23. The third-order valence-corrected chi connectivity index (χ3v) is 3.09. The number of hydrogen-bond acceptors (Lipinski definition) is 3. The minimum Gasteiger partial charge on any atom is -0.465 e. The Balaban J connectivity index is 2.12. The number of carbonyl (C=O) groups is 1. The van der Waals surface area contributed by atoms with Gasteiger partial charge in [-0.15, -0.1) is 0 Å². The van der Waals surface area contributed by atoms with Crippen LogP contribution in [0, 0.1) is 0 Å². The van der Waals surface area contributed by atoms with E-state index in [0.29, 0.717) is 5.56 Å². The Morgan fingerprint density at radius 3 is 3.06 bits per heavy atom. The van der Waals surface area contributed by atoms with E-state index in [9.17, 15) is 4.79 Å². The van der Waals surface area contributed by atoms with Crippen molar-refractivity contribution in [1.29, 1.82) is 0 Å². The lowest BCUT2D eigenvalue weighted by Gasteiger charge is -2.13. The molecular weight excluding hydrogens is 218 g/mol. The highest BCUT2D eigenvalue weighted by Gasteiger charge is 2.21. The maximum Gasteiger partial charge on any atom is 0.339 e.